The number of thioether (sulfide) groups is 1. The van der Waals surface area contributed by atoms with E-state index in [1.807, 2.05) is 60.3 Å². The Morgan fingerprint density at radius 1 is 1.28 bits per heavy atom. The van der Waals surface area contributed by atoms with E-state index in [4.69, 9.17) is 12.2 Å². The number of aryl methyl sites for hydroxylation is 1. The summed E-state index contributed by atoms with van der Waals surface area (Å²) in [6.07, 6.45) is 3.73. The van der Waals surface area contributed by atoms with Crippen LogP contribution in [0.25, 0.3) is 6.08 Å². The van der Waals surface area contributed by atoms with Crippen LogP contribution in [0, 0.1) is 0 Å². The molecule has 25 heavy (non-hydrogen) atoms. The molecule has 0 aliphatic carbocycles. The van der Waals surface area contributed by atoms with E-state index >= 15 is 0 Å². The van der Waals surface area contributed by atoms with Crippen molar-refractivity contribution < 1.29 is 14.7 Å². The number of aliphatic carboxylic acids is 1. The van der Waals surface area contributed by atoms with E-state index in [2.05, 4.69) is 0 Å². The Kier molecular flexibility index (Phi) is 5.06. The smallest absolute Gasteiger partial charge is 0.266 e. The van der Waals surface area contributed by atoms with Gasteiger partial charge >= 0.3 is 0 Å². The average Bonchev–Trinajstić information content (AvgIpc) is 3.10. The fraction of sp³-hybridized carbons (Fsp3) is 0.167. The van der Waals surface area contributed by atoms with E-state index < -0.39 is 17.9 Å². The van der Waals surface area contributed by atoms with Crippen LogP contribution in [0.15, 0.2) is 53.6 Å². The number of carbonyl (C=O) groups is 2. The summed E-state index contributed by atoms with van der Waals surface area (Å²) in [5.74, 6) is -1.72. The molecule has 0 unspecified atom stereocenters. The zero-order valence-corrected chi connectivity index (χ0v) is 15.0. The number of aromatic nitrogens is 1. The van der Waals surface area contributed by atoms with Gasteiger partial charge in [0, 0.05) is 18.9 Å². The number of benzene rings is 1. The molecule has 1 aliphatic rings. The summed E-state index contributed by atoms with van der Waals surface area (Å²) in [7, 11) is 1.87. The molecular formula is C18H15N2O3S2-. The number of amides is 1. The minimum absolute atomic E-state index is 0.146. The van der Waals surface area contributed by atoms with Crippen molar-refractivity contribution in [1.82, 2.24) is 9.47 Å². The van der Waals surface area contributed by atoms with Gasteiger partial charge in [-0.3, -0.25) is 9.69 Å². The monoisotopic (exact) mass is 371 g/mol. The number of hydrogen-bond donors (Lipinski definition) is 0. The fourth-order valence-corrected chi connectivity index (χ4v) is 3.97. The molecule has 1 aromatic heterocycles. The van der Waals surface area contributed by atoms with Crippen molar-refractivity contribution >= 4 is 46.3 Å². The number of carboxylic acids is 1. The number of carboxylic acid groups (broad SMARTS) is 1. The molecule has 1 saturated heterocycles. The Morgan fingerprint density at radius 2 is 2.00 bits per heavy atom. The van der Waals surface area contributed by atoms with Crippen molar-refractivity contribution in [3.8, 4) is 0 Å². The quantitative estimate of drug-likeness (QED) is 0.590. The normalized spacial score (nSPS) is 17.3. The van der Waals surface area contributed by atoms with Crippen LogP contribution in [0.2, 0.25) is 0 Å². The topological polar surface area (TPSA) is 65.4 Å². The van der Waals surface area contributed by atoms with Crippen LogP contribution in [-0.4, -0.2) is 31.7 Å². The van der Waals surface area contributed by atoms with Gasteiger partial charge in [0.2, 0.25) is 0 Å². The van der Waals surface area contributed by atoms with E-state index in [1.54, 1.807) is 6.08 Å². The Hall–Kier alpha value is -2.38. The second-order valence-electron chi connectivity index (χ2n) is 5.62. The summed E-state index contributed by atoms with van der Waals surface area (Å²) in [4.78, 5) is 26.0. The molecule has 2 heterocycles. The van der Waals surface area contributed by atoms with Crippen LogP contribution in [0.4, 0.5) is 0 Å². The molecule has 0 N–H and O–H groups in total. The zero-order valence-electron chi connectivity index (χ0n) is 13.4. The molecule has 0 saturated carbocycles. The lowest BCUT2D eigenvalue weighted by atomic mass is 10.0. The van der Waals surface area contributed by atoms with Crippen LogP contribution < -0.4 is 5.11 Å². The highest BCUT2D eigenvalue weighted by Crippen LogP contribution is 2.34. The van der Waals surface area contributed by atoms with Crippen molar-refractivity contribution in [3.05, 3.63) is 64.8 Å². The molecule has 1 amide bonds. The van der Waals surface area contributed by atoms with Gasteiger partial charge < -0.3 is 14.5 Å². The van der Waals surface area contributed by atoms with Gasteiger partial charge in [-0.05, 0) is 30.2 Å². The Labute approximate surface area is 154 Å². The molecule has 1 aromatic carbocycles. The molecule has 0 spiro atoms. The highest BCUT2D eigenvalue weighted by atomic mass is 32.2. The number of rotatable bonds is 5. The predicted octanol–water partition coefficient (Wildman–Crippen LogP) is 1.59. The van der Waals surface area contributed by atoms with E-state index in [0.29, 0.717) is 4.91 Å². The SMILES string of the molecule is Cn1cccc1/C=C1/SC(=S)N([C@@H](Cc2ccccc2)C(=O)[O-])C1=O. The zero-order chi connectivity index (χ0) is 18.0. The summed E-state index contributed by atoms with van der Waals surface area (Å²) >= 11 is 6.37. The molecule has 0 radical (unpaired) electrons. The first-order valence-corrected chi connectivity index (χ1v) is 8.83. The Bertz CT molecular complexity index is 858. The van der Waals surface area contributed by atoms with E-state index in [9.17, 15) is 14.7 Å². The fourth-order valence-electron chi connectivity index (χ4n) is 2.62. The van der Waals surface area contributed by atoms with Gasteiger partial charge in [0.1, 0.15) is 4.32 Å². The van der Waals surface area contributed by atoms with Gasteiger partial charge in [-0.15, -0.1) is 0 Å². The molecule has 0 bridgehead atoms. The van der Waals surface area contributed by atoms with Crippen molar-refractivity contribution in [2.45, 2.75) is 12.5 Å². The van der Waals surface area contributed by atoms with Crippen molar-refractivity contribution in [2.24, 2.45) is 7.05 Å². The minimum Gasteiger partial charge on any atom is -0.548 e. The minimum atomic E-state index is -1.32. The molecule has 7 heteroatoms. The van der Waals surface area contributed by atoms with Crippen molar-refractivity contribution in [3.63, 3.8) is 0 Å². The number of thiocarbonyl (C=S) groups is 1. The molecule has 1 atom stereocenters. The van der Waals surface area contributed by atoms with Gasteiger partial charge in [-0.1, -0.05) is 54.3 Å². The Morgan fingerprint density at radius 3 is 2.60 bits per heavy atom. The second kappa shape index (κ2) is 7.25. The van der Waals surface area contributed by atoms with Crippen LogP contribution in [0.3, 0.4) is 0 Å². The molecule has 1 fully saturated rings. The van der Waals surface area contributed by atoms with Crippen LogP contribution >= 0.6 is 24.0 Å². The molecule has 2 aromatic rings. The average molecular weight is 371 g/mol. The number of nitrogens with zero attached hydrogens (tertiary/aromatic N) is 2. The summed E-state index contributed by atoms with van der Waals surface area (Å²) < 4.78 is 2.10. The summed E-state index contributed by atoms with van der Waals surface area (Å²) in [5, 5.41) is 11.7. The lowest BCUT2D eigenvalue weighted by molar-refractivity contribution is -0.310. The maximum absolute atomic E-state index is 12.7. The van der Waals surface area contributed by atoms with Gasteiger partial charge in [0.15, 0.2) is 0 Å². The third-order valence-corrected chi connectivity index (χ3v) is 5.27. The van der Waals surface area contributed by atoms with Crippen LogP contribution in [0.5, 0.6) is 0 Å². The summed E-state index contributed by atoms with van der Waals surface area (Å²) in [6.45, 7) is 0. The standard InChI is InChI=1S/C18H16N2O3S2/c1-19-9-5-8-13(19)11-15-16(21)20(18(24)25-15)14(17(22)23)10-12-6-3-2-4-7-12/h2-9,11,14H,10H2,1H3,(H,22,23)/p-1/b15-11+/t14-/m0/s1. The third kappa shape index (κ3) is 3.67. The highest BCUT2D eigenvalue weighted by molar-refractivity contribution is 8.26. The largest absolute Gasteiger partial charge is 0.548 e. The van der Waals surface area contributed by atoms with Gasteiger partial charge in [0.25, 0.3) is 5.91 Å². The van der Waals surface area contributed by atoms with E-state index in [0.717, 1.165) is 27.9 Å². The maximum atomic E-state index is 12.7. The number of carbonyl (C=O) groups excluding carboxylic acids is 2. The lowest BCUT2D eigenvalue weighted by Crippen LogP contribution is -2.51. The number of hydrogen-bond acceptors (Lipinski definition) is 5. The van der Waals surface area contributed by atoms with Crippen LogP contribution in [-0.2, 0) is 23.1 Å². The van der Waals surface area contributed by atoms with Gasteiger partial charge in [0.05, 0.1) is 16.9 Å². The van der Waals surface area contributed by atoms with E-state index in [-0.39, 0.29) is 10.7 Å². The first kappa shape index (κ1) is 17.4. The van der Waals surface area contributed by atoms with Gasteiger partial charge in [-0.2, -0.15) is 0 Å². The molecular weight excluding hydrogens is 356 g/mol. The van der Waals surface area contributed by atoms with Crippen molar-refractivity contribution in [2.75, 3.05) is 0 Å². The first-order valence-electron chi connectivity index (χ1n) is 7.60. The maximum Gasteiger partial charge on any atom is 0.266 e. The molecule has 3 rings (SSSR count). The Balaban J connectivity index is 1.88. The second-order valence-corrected chi connectivity index (χ2v) is 7.30. The molecule has 1 aliphatic heterocycles. The van der Waals surface area contributed by atoms with E-state index in [1.165, 1.54) is 0 Å². The summed E-state index contributed by atoms with van der Waals surface area (Å²) in [6, 6.07) is 11.7. The predicted molar refractivity (Wildman–Crippen MR) is 99.4 cm³/mol. The molecule has 5 nitrogen and oxygen atoms in total. The highest BCUT2D eigenvalue weighted by Gasteiger charge is 2.37. The van der Waals surface area contributed by atoms with Gasteiger partial charge in [-0.25, -0.2) is 0 Å². The lowest BCUT2D eigenvalue weighted by Gasteiger charge is -2.27. The van der Waals surface area contributed by atoms with Crippen LogP contribution in [0.1, 0.15) is 11.3 Å². The first-order chi connectivity index (χ1) is 12.0. The van der Waals surface area contributed by atoms with Crippen molar-refractivity contribution in [1.29, 1.82) is 0 Å². The molecule has 128 valence electrons. The third-order valence-electron chi connectivity index (χ3n) is 3.94. The summed E-state index contributed by atoms with van der Waals surface area (Å²) in [5.41, 5.74) is 1.64.